The van der Waals surface area contributed by atoms with E-state index in [9.17, 15) is 0 Å². The second-order valence-corrected chi connectivity index (χ2v) is 3.38. The van der Waals surface area contributed by atoms with Crippen LogP contribution in [0, 0.1) is 0 Å². The highest BCUT2D eigenvalue weighted by Crippen LogP contribution is 2.26. The van der Waals surface area contributed by atoms with Crippen LogP contribution in [-0.2, 0) is 7.05 Å². The molecule has 0 aliphatic rings. The van der Waals surface area contributed by atoms with Gasteiger partial charge in [-0.3, -0.25) is 4.68 Å². The van der Waals surface area contributed by atoms with Crippen LogP contribution >= 0.6 is 0 Å². The number of benzene rings is 1. The molecule has 2 aromatic heterocycles. The van der Waals surface area contributed by atoms with Crippen molar-refractivity contribution in [3.8, 4) is 11.4 Å². The normalized spacial score (nSPS) is 11.0. The molecule has 0 bridgehead atoms. The maximum absolute atomic E-state index is 5.32. The molecule has 0 N–H and O–H groups in total. The van der Waals surface area contributed by atoms with Gasteiger partial charge in [0.15, 0.2) is 5.82 Å². The van der Waals surface area contributed by atoms with Crippen LogP contribution in [-0.4, -0.2) is 14.8 Å². The van der Waals surface area contributed by atoms with E-state index in [0.29, 0.717) is 0 Å². The summed E-state index contributed by atoms with van der Waals surface area (Å²) in [5.41, 5.74) is 1.86. The summed E-state index contributed by atoms with van der Waals surface area (Å²) < 4.78 is 7.01. The molecule has 4 heteroatoms. The number of aromatic nitrogens is 3. The zero-order chi connectivity index (χ0) is 10.3. The monoisotopic (exact) mass is 199 g/mol. The molecule has 0 spiro atoms. The molecule has 74 valence electrons. The largest absolute Gasteiger partial charge is 0.464 e. The quantitative estimate of drug-likeness (QED) is 0.603. The van der Waals surface area contributed by atoms with Crippen molar-refractivity contribution in [3.05, 3.63) is 36.9 Å². The highest BCUT2D eigenvalue weighted by Gasteiger charge is 2.08. The van der Waals surface area contributed by atoms with Gasteiger partial charge in [-0.1, -0.05) is 12.1 Å². The van der Waals surface area contributed by atoms with Crippen molar-refractivity contribution in [1.82, 2.24) is 14.8 Å². The maximum atomic E-state index is 5.32. The van der Waals surface area contributed by atoms with Gasteiger partial charge in [0.25, 0.3) is 0 Å². The van der Waals surface area contributed by atoms with Crippen LogP contribution in [0.1, 0.15) is 0 Å². The lowest BCUT2D eigenvalue weighted by Crippen LogP contribution is -1.88. The number of furan rings is 1. The summed E-state index contributed by atoms with van der Waals surface area (Å²) in [4.78, 5) is 4.23. The smallest absolute Gasteiger partial charge is 0.181 e. The van der Waals surface area contributed by atoms with Crippen LogP contribution in [0.15, 0.2) is 41.3 Å². The first-order valence-corrected chi connectivity index (χ1v) is 4.67. The van der Waals surface area contributed by atoms with Crippen LogP contribution in [0.2, 0.25) is 0 Å². The zero-order valence-electron chi connectivity index (χ0n) is 8.21. The molecule has 0 amide bonds. The molecule has 0 saturated heterocycles. The minimum atomic E-state index is 0.726. The van der Waals surface area contributed by atoms with Gasteiger partial charge in [0.05, 0.1) is 6.26 Å². The fourth-order valence-corrected chi connectivity index (χ4v) is 1.65. The minimum Gasteiger partial charge on any atom is -0.464 e. The molecule has 0 radical (unpaired) electrons. The van der Waals surface area contributed by atoms with Gasteiger partial charge < -0.3 is 4.42 Å². The molecule has 2 heterocycles. The Kier molecular flexibility index (Phi) is 1.62. The van der Waals surface area contributed by atoms with Gasteiger partial charge in [-0.2, -0.15) is 5.10 Å². The predicted octanol–water partition coefficient (Wildman–Crippen LogP) is 2.23. The van der Waals surface area contributed by atoms with Crippen LogP contribution in [0.5, 0.6) is 0 Å². The van der Waals surface area contributed by atoms with Crippen LogP contribution in [0.4, 0.5) is 0 Å². The Hall–Kier alpha value is -2.10. The summed E-state index contributed by atoms with van der Waals surface area (Å²) in [5, 5.41) is 5.32. The third-order valence-corrected chi connectivity index (χ3v) is 2.34. The van der Waals surface area contributed by atoms with E-state index >= 15 is 0 Å². The van der Waals surface area contributed by atoms with Crippen LogP contribution < -0.4 is 0 Å². The Balaban J connectivity index is 2.30. The van der Waals surface area contributed by atoms with Crippen molar-refractivity contribution < 1.29 is 4.42 Å². The number of hydrogen-bond acceptors (Lipinski definition) is 3. The lowest BCUT2D eigenvalue weighted by atomic mass is 10.1. The third kappa shape index (κ3) is 1.22. The molecule has 15 heavy (non-hydrogen) atoms. The van der Waals surface area contributed by atoms with E-state index in [1.807, 2.05) is 31.3 Å². The first-order valence-electron chi connectivity index (χ1n) is 4.67. The minimum absolute atomic E-state index is 0.726. The van der Waals surface area contributed by atoms with Gasteiger partial charge in [0, 0.05) is 18.0 Å². The fraction of sp³-hybridized carbons (Fsp3) is 0.0909. The fourth-order valence-electron chi connectivity index (χ4n) is 1.65. The van der Waals surface area contributed by atoms with E-state index in [2.05, 4.69) is 10.1 Å². The summed E-state index contributed by atoms with van der Waals surface area (Å²) in [6.07, 6.45) is 3.37. The molecule has 0 saturated carbocycles. The summed E-state index contributed by atoms with van der Waals surface area (Å²) >= 11 is 0. The topological polar surface area (TPSA) is 43.9 Å². The average Bonchev–Trinajstić information content (AvgIpc) is 2.84. The van der Waals surface area contributed by atoms with Gasteiger partial charge in [-0.25, -0.2) is 4.98 Å². The van der Waals surface area contributed by atoms with Gasteiger partial charge in [0.1, 0.15) is 11.9 Å². The van der Waals surface area contributed by atoms with Gasteiger partial charge >= 0.3 is 0 Å². The van der Waals surface area contributed by atoms with E-state index in [4.69, 9.17) is 4.42 Å². The number of nitrogens with zero attached hydrogens (tertiary/aromatic N) is 3. The van der Waals surface area contributed by atoms with E-state index < -0.39 is 0 Å². The molecule has 3 rings (SSSR count). The molecular formula is C11H9N3O. The number of hydrogen-bond donors (Lipinski definition) is 0. The summed E-state index contributed by atoms with van der Waals surface area (Å²) in [5.74, 6) is 0.726. The highest BCUT2D eigenvalue weighted by atomic mass is 16.3. The second kappa shape index (κ2) is 2.95. The molecule has 0 aliphatic carbocycles. The van der Waals surface area contributed by atoms with Crippen molar-refractivity contribution in [2.24, 2.45) is 7.05 Å². The Labute approximate surface area is 86.2 Å². The van der Waals surface area contributed by atoms with Crippen molar-refractivity contribution in [2.75, 3.05) is 0 Å². The Morgan fingerprint density at radius 1 is 1.27 bits per heavy atom. The summed E-state index contributed by atoms with van der Waals surface area (Å²) in [6.45, 7) is 0. The maximum Gasteiger partial charge on any atom is 0.181 e. The lowest BCUT2D eigenvalue weighted by Gasteiger charge is -1.96. The lowest BCUT2D eigenvalue weighted by molar-refractivity contribution is 0.616. The van der Waals surface area contributed by atoms with E-state index in [0.717, 1.165) is 22.4 Å². The Morgan fingerprint density at radius 3 is 3.00 bits per heavy atom. The van der Waals surface area contributed by atoms with Crippen molar-refractivity contribution >= 4 is 11.0 Å². The highest BCUT2D eigenvalue weighted by molar-refractivity contribution is 5.91. The molecule has 1 aromatic carbocycles. The van der Waals surface area contributed by atoms with Crippen LogP contribution in [0.25, 0.3) is 22.4 Å². The molecule has 0 atom stereocenters. The number of aryl methyl sites for hydroxylation is 1. The van der Waals surface area contributed by atoms with Crippen molar-refractivity contribution in [1.29, 1.82) is 0 Å². The summed E-state index contributed by atoms with van der Waals surface area (Å²) in [7, 11) is 1.85. The van der Waals surface area contributed by atoms with Gasteiger partial charge in [-0.05, 0) is 12.1 Å². The molecular weight excluding hydrogens is 190 g/mol. The first-order chi connectivity index (χ1) is 7.34. The molecule has 3 aromatic rings. The first kappa shape index (κ1) is 8.23. The SMILES string of the molecule is Cn1cnc(-c2cccc3occc23)n1. The number of rotatable bonds is 1. The van der Waals surface area contributed by atoms with E-state index in [-0.39, 0.29) is 0 Å². The Bertz CT molecular complexity index is 609. The van der Waals surface area contributed by atoms with E-state index in [1.165, 1.54) is 0 Å². The predicted molar refractivity (Wildman–Crippen MR) is 56.2 cm³/mol. The molecule has 0 fully saturated rings. The van der Waals surface area contributed by atoms with E-state index in [1.54, 1.807) is 17.3 Å². The molecule has 4 nitrogen and oxygen atoms in total. The van der Waals surface area contributed by atoms with Crippen molar-refractivity contribution in [2.45, 2.75) is 0 Å². The zero-order valence-corrected chi connectivity index (χ0v) is 8.21. The molecule has 0 aliphatic heterocycles. The molecule has 0 unspecified atom stereocenters. The standard InChI is InChI=1S/C11H9N3O/c1-14-7-12-11(13-14)9-3-2-4-10-8(9)5-6-15-10/h2-7H,1H3. The van der Waals surface area contributed by atoms with Crippen LogP contribution in [0.3, 0.4) is 0 Å². The average molecular weight is 199 g/mol. The number of fused-ring (bicyclic) bond motifs is 1. The van der Waals surface area contributed by atoms with Gasteiger partial charge in [0.2, 0.25) is 0 Å². The van der Waals surface area contributed by atoms with Gasteiger partial charge in [-0.15, -0.1) is 0 Å². The summed E-state index contributed by atoms with van der Waals surface area (Å²) in [6, 6.07) is 7.80. The Morgan fingerprint density at radius 2 is 2.20 bits per heavy atom. The van der Waals surface area contributed by atoms with Crippen molar-refractivity contribution in [3.63, 3.8) is 0 Å². The second-order valence-electron chi connectivity index (χ2n) is 3.38. The third-order valence-electron chi connectivity index (χ3n) is 2.34.